The van der Waals surface area contributed by atoms with Gasteiger partial charge in [0.25, 0.3) is 0 Å². The number of halogens is 5. The minimum absolute atomic E-state index is 0.0626. The Balaban J connectivity index is 1.84. The summed E-state index contributed by atoms with van der Waals surface area (Å²) in [4.78, 5) is 3.91. The molecule has 1 atom stereocenters. The van der Waals surface area contributed by atoms with E-state index in [1.165, 1.54) is 23.0 Å². The average Bonchev–Trinajstić information content (AvgIpc) is 2.89. The molecule has 0 fully saturated rings. The van der Waals surface area contributed by atoms with E-state index in [0.29, 0.717) is 0 Å². The molecule has 0 aliphatic heterocycles. The molecule has 0 aliphatic carbocycles. The van der Waals surface area contributed by atoms with Crippen LogP contribution in [-0.4, -0.2) is 14.7 Å². The van der Waals surface area contributed by atoms with Crippen molar-refractivity contribution in [3.8, 4) is 0 Å². The van der Waals surface area contributed by atoms with Crippen molar-refractivity contribution in [2.24, 2.45) is 0 Å². The minimum Gasteiger partial charge on any atom is -0.387 e. The third kappa shape index (κ3) is 3.09. The molecule has 0 radical (unpaired) electrons. The second-order valence-corrected chi connectivity index (χ2v) is 5.29. The van der Waals surface area contributed by atoms with Crippen LogP contribution in [0.3, 0.4) is 0 Å². The molecule has 1 N–H and O–H groups in total. The predicted molar refractivity (Wildman–Crippen MR) is 76.1 cm³/mol. The molecule has 1 unspecified atom stereocenters. The molecule has 3 rings (SSSR count). The van der Waals surface area contributed by atoms with E-state index in [1.807, 2.05) is 0 Å². The number of aromatic nitrogens is 2. The van der Waals surface area contributed by atoms with E-state index in [9.17, 15) is 27.1 Å². The van der Waals surface area contributed by atoms with Crippen LogP contribution in [0.4, 0.5) is 22.0 Å². The minimum atomic E-state index is -4.45. The number of alkyl halides is 3. The number of fused-ring (bicyclic) bond motifs is 1. The number of rotatable bonds is 3. The van der Waals surface area contributed by atoms with Crippen LogP contribution in [0.25, 0.3) is 11.0 Å². The van der Waals surface area contributed by atoms with Gasteiger partial charge >= 0.3 is 6.18 Å². The number of nitrogens with zero attached hydrogens (tertiary/aromatic N) is 2. The molecule has 0 saturated heterocycles. The number of aliphatic hydroxyl groups excluding tert-OH is 1. The molecule has 1 heterocycles. The monoisotopic (exact) mass is 342 g/mol. The lowest BCUT2D eigenvalue weighted by Crippen LogP contribution is -2.09. The highest BCUT2D eigenvalue weighted by Gasteiger charge is 2.30. The number of benzene rings is 2. The molecule has 3 aromatic rings. The first-order chi connectivity index (χ1) is 11.3. The lowest BCUT2D eigenvalue weighted by Gasteiger charge is -2.14. The van der Waals surface area contributed by atoms with E-state index in [-0.39, 0.29) is 23.1 Å². The van der Waals surface area contributed by atoms with Crippen molar-refractivity contribution in [2.75, 3.05) is 0 Å². The van der Waals surface area contributed by atoms with Crippen molar-refractivity contribution in [3.63, 3.8) is 0 Å². The predicted octanol–water partition coefficient (Wildman–Crippen LogP) is 4.07. The molecule has 0 spiro atoms. The van der Waals surface area contributed by atoms with Crippen LogP contribution in [-0.2, 0) is 12.7 Å². The summed E-state index contributed by atoms with van der Waals surface area (Å²) in [5, 5.41) is 10.2. The van der Waals surface area contributed by atoms with Gasteiger partial charge in [-0.3, -0.25) is 0 Å². The second kappa shape index (κ2) is 5.86. The second-order valence-electron chi connectivity index (χ2n) is 5.29. The van der Waals surface area contributed by atoms with Crippen molar-refractivity contribution < 1.29 is 27.1 Å². The summed E-state index contributed by atoms with van der Waals surface area (Å²) < 4.78 is 65.5. The zero-order valence-electron chi connectivity index (χ0n) is 12.1. The molecule has 8 heteroatoms. The molecule has 1 aromatic heterocycles. The summed E-state index contributed by atoms with van der Waals surface area (Å²) in [5.41, 5.74) is -0.0510. The van der Waals surface area contributed by atoms with Crippen LogP contribution in [0, 0.1) is 11.6 Å². The highest BCUT2D eigenvalue weighted by atomic mass is 19.4. The highest BCUT2D eigenvalue weighted by Crippen LogP contribution is 2.30. The summed E-state index contributed by atoms with van der Waals surface area (Å²) in [5.74, 6) is -2.08. The third-order valence-electron chi connectivity index (χ3n) is 3.66. The maximum atomic E-state index is 13.3. The summed E-state index contributed by atoms with van der Waals surface area (Å²) in [6, 6.07) is 5.99. The molecule has 0 saturated carbocycles. The molecule has 0 aliphatic rings. The van der Waals surface area contributed by atoms with E-state index >= 15 is 0 Å². The van der Waals surface area contributed by atoms with Crippen molar-refractivity contribution in [2.45, 2.75) is 18.8 Å². The van der Waals surface area contributed by atoms with Crippen molar-refractivity contribution in [1.29, 1.82) is 0 Å². The van der Waals surface area contributed by atoms with E-state index in [1.54, 1.807) is 0 Å². The Morgan fingerprint density at radius 1 is 1.04 bits per heavy atom. The topological polar surface area (TPSA) is 38.0 Å². The van der Waals surface area contributed by atoms with Crippen LogP contribution in [0.5, 0.6) is 0 Å². The highest BCUT2D eigenvalue weighted by molar-refractivity contribution is 5.75. The van der Waals surface area contributed by atoms with Crippen LogP contribution < -0.4 is 0 Å². The van der Waals surface area contributed by atoms with Gasteiger partial charge in [0.2, 0.25) is 0 Å². The zero-order valence-corrected chi connectivity index (χ0v) is 12.1. The maximum absolute atomic E-state index is 13.3. The van der Waals surface area contributed by atoms with Gasteiger partial charge in [-0.1, -0.05) is 12.1 Å². The molecule has 2 aromatic carbocycles. The first kappa shape index (κ1) is 16.4. The fourth-order valence-electron chi connectivity index (χ4n) is 2.38. The van der Waals surface area contributed by atoms with Gasteiger partial charge in [0.15, 0.2) is 11.6 Å². The summed E-state index contributed by atoms with van der Waals surface area (Å²) in [6.07, 6.45) is -4.28. The fraction of sp³-hybridized carbons (Fsp3) is 0.188. The summed E-state index contributed by atoms with van der Waals surface area (Å²) in [6.45, 7) is -0.0626. The maximum Gasteiger partial charge on any atom is 0.416 e. The lowest BCUT2D eigenvalue weighted by molar-refractivity contribution is -0.137. The fourth-order valence-corrected chi connectivity index (χ4v) is 2.38. The van der Waals surface area contributed by atoms with Crippen molar-refractivity contribution >= 4 is 11.0 Å². The van der Waals surface area contributed by atoms with E-state index in [2.05, 4.69) is 4.98 Å². The SMILES string of the molecule is OC(Cn1cnc2cc(F)c(F)cc21)c1ccc(C(F)(F)F)cc1. The Kier molecular flexibility index (Phi) is 4.00. The first-order valence-electron chi connectivity index (χ1n) is 6.91. The van der Waals surface area contributed by atoms with Crippen LogP contribution in [0.15, 0.2) is 42.7 Å². The molecule has 24 heavy (non-hydrogen) atoms. The van der Waals surface area contributed by atoms with Gasteiger partial charge < -0.3 is 9.67 Å². The quantitative estimate of drug-likeness (QED) is 0.729. The van der Waals surface area contributed by atoms with E-state index in [4.69, 9.17) is 0 Å². The van der Waals surface area contributed by atoms with Crippen LogP contribution >= 0.6 is 0 Å². The molecule has 0 bridgehead atoms. The zero-order chi connectivity index (χ0) is 17.5. The van der Waals surface area contributed by atoms with Gasteiger partial charge in [0, 0.05) is 12.1 Å². The van der Waals surface area contributed by atoms with Crippen molar-refractivity contribution in [1.82, 2.24) is 9.55 Å². The Morgan fingerprint density at radius 2 is 1.67 bits per heavy atom. The normalized spacial score (nSPS) is 13.4. The number of hydrogen-bond donors (Lipinski definition) is 1. The van der Waals surface area contributed by atoms with Gasteiger partial charge in [-0.15, -0.1) is 0 Å². The largest absolute Gasteiger partial charge is 0.416 e. The Bertz CT molecular complexity index is 871. The number of imidazole rings is 1. The Morgan fingerprint density at radius 3 is 2.29 bits per heavy atom. The van der Waals surface area contributed by atoms with Crippen LogP contribution in [0.1, 0.15) is 17.2 Å². The number of aliphatic hydroxyl groups is 1. The molecule has 3 nitrogen and oxygen atoms in total. The van der Waals surface area contributed by atoms with Crippen LogP contribution in [0.2, 0.25) is 0 Å². The molecular formula is C16H11F5N2O. The Hall–Kier alpha value is -2.48. The summed E-state index contributed by atoms with van der Waals surface area (Å²) in [7, 11) is 0. The van der Waals surface area contributed by atoms with Gasteiger partial charge in [-0.2, -0.15) is 13.2 Å². The standard InChI is InChI=1S/C16H11F5N2O/c17-11-5-13-14(6-12(11)18)23(8-22-13)7-15(24)9-1-3-10(4-2-9)16(19,20)21/h1-6,8,15,24H,7H2. The summed E-state index contributed by atoms with van der Waals surface area (Å²) >= 11 is 0. The lowest BCUT2D eigenvalue weighted by atomic mass is 10.1. The number of hydrogen-bond acceptors (Lipinski definition) is 2. The molecule has 126 valence electrons. The smallest absolute Gasteiger partial charge is 0.387 e. The molecule has 0 amide bonds. The Labute approximate surface area is 133 Å². The van der Waals surface area contributed by atoms with Crippen molar-refractivity contribution in [3.05, 3.63) is 65.5 Å². The van der Waals surface area contributed by atoms with Gasteiger partial charge in [-0.05, 0) is 17.7 Å². The van der Waals surface area contributed by atoms with Gasteiger partial charge in [0.1, 0.15) is 0 Å². The van der Waals surface area contributed by atoms with Gasteiger partial charge in [-0.25, -0.2) is 13.8 Å². The molecular weight excluding hydrogens is 331 g/mol. The van der Waals surface area contributed by atoms with E-state index in [0.717, 1.165) is 24.3 Å². The average molecular weight is 342 g/mol. The van der Waals surface area contributed by atoms with E-state index < -0.39 is 29.5 Å². The first-order valence-corrected chi connectivity index (χ1v) is 6.91. The van der Waals surface area contributed by atoms with Gasteiger partial charge in [0.05, 0.1) is 35.6 Å². The third-order valence-corrected chi connectivity index (χ3v) is 3.66.